The molecule has 0 spiro atoms. The van der Waals surface area contributed by atoms with Crippen molar-refractivity contribution in [2.75, 3.05) is 6.26 Å². The summed E-state index contributed by atoms with van der Waals surface area (Å²) in [7, 11) is 0. The number of nitrogens with one attached hydrogen (secondary N) is 1. The van der Waals surface area contributed by atoms with E-state index in [0.717, 1.165) is 17.7 Å². The number of thioether (sulfide) groups is 1. The summed E-state index contributed by atoms with van der Waals surface area (Å²) in [6.07, 6.45) is 4.48. The minimum atomic E-state index is 0.581. The molecule has 0 aromatic heterocycles. The van der Waals surface area contributed by atoms with E-state index in [1.165, 1.54) is 17.3 Å². The number of thiocarbonyl (C=S) groups is 1. The Hall–Kier alpha value is -1.85. The van der Waals surface area contributed by atoms with Gasteiger partial charge in [-0.15, -0.1) is 0 Å². The predicted molar refractivity (Wildman–Crippen MR) is 98.7 cm³/mol. The maximum atomic E-state index is 5.75. The smallest absolute Gasteiger partial charge is 0.153 e. The first-order chi connectivity index (χ1) is 10.8. The van der Waals surface area contributed by atoms with Crippen LogP contribution in [-0.2, 0) is 13.0 Å². The second kappa shape index (κ2) is 9.23. The minimum Gasteiger partial charge on any atom is -0.489 e. The molecular formula is C17H18N2OS2. The van der Waals surface area contributed by atoms with Gasteiger partial charge in [-0.05, 0) is 29.5 Å². The first-order valence-corrected chi connectivity index (χ1v) is 8.52. The van der Waals surface area contributed by atoms with Crippen molar-refractivity contribution < 1.29 is 4.74 Å². The van der Waals surface area contributed by atoms with Crippen LogP contribution in [-0.4, -0.2) is 16.8 Å². The molecule has 0 radical (unpaired) electrons. The molecule has 2 aromatic carbocycles. The number of ether oxygens (including phenoxy) is 1. The van der Waals surface area contributed by atoms with Gasteiger partial charge in [0.25, 0.3) is 0 Å². The first kappa shape index (κ1) is 16.5. The van der Waals surface area contributed by atoms with Gasteiger partial charge >= 0.3 is 0 Å². The highest BCUT2D eigenvalue weighted by molar-refractivity contribution is 8.22. The molecule has 0 fully saturated rings. The van der Waals surface area contributed by atoms with Crippen LogP contribution in [0.3, 0.4) is 0 Å². The third-order valence-corrected chi connectivity index (χ3v) is 3.98. The highest BCUT2D eigenvalue weighted by atomic mass is 32.2. The lowest BCUT2D eigenvalue weighted by atomic mass is 10.1. The molecule has 5 heteroatoms. The highest BCUT2D eigenvalue weighted by Crippen LogP contribution is 2.14. The molecule has 0 saturated carbocycles. The number of hydrogen-bond acceptors (Lipinski definition) is 4. The zero-order valence-electron chi connectivity index (χ0n) is 12.4. The summed E-state index contributed by atoms with van der Waals surface area (Å²) in [6, 6.07) is 18.2. The fraction of sp³-hybridized carbons (Fsp3) is 0.176. The average Bonchev–Trinajstić information content (AvgIpc) is 2.58. The van der Waals surface area contributed by atoms with Gasteiger partial charge in [-0.3, -0.25) is 5.43 Å². The predicted octanol–water partition coefficient (Wildman–Crippen LogP) is 4.03. The van der Waals surface area contributed by atoms with Crippen LogP contribution in [0.15, 0.2) is 59.7 Å². The van der Waals surface area contributed by atoms with Gasteiger partial charge in [0, 0.05) is 12.6 Å². The molecule has 2 rings (SSSR count). The molecular weight excluding hydrogens is 312 g/mol. The van der Waals surface area contributed by atoms with E-state index in [-0.39, 0.29) is 0 Å². The van der Waals surface area contributed by atoms with E-state index in [4.69, 9.17) is 17.0 Å². The van der Waals surface area contributed by atoms with Crippen LogP contribution in [0.5, 0.6) is 5.75 Å². The standard InChI is InChI=1S/C17H18N2OS2/c1-22-17(21)19-18-12-11-14-7-9-16(10-8-14)20-13-15-5-3-2-4-6-15/h2-10,12H,11,13H2,1H3,(H,19,21). The van der Waals surface area contributed by atoms with Gasteiger partial charge < -0.3 is 4.74 Å². The molecule has 2 aromatic rings. The monoisotopic (exact) mass is 330 g/mol. The quantitative estimate of drug-likeness (QED) is 0.492. The Morgan fingerprint density at radius 1 is 1.14 bits per heavy atom. The Morgan fingerprint density at radius 3 is 2.55 bits per heavy atom. The molecule has 0 aliphatic carbocycles. The molecule has 0 aliphatic heterocycles. The Morgan fingerprint density at radius 2 is 1.86 bits per heavy atom. The van der Waals surface area contributed by atoms with Crippen molar-refractivity contribution in [3.8, 4) is 5.75 Å². The lowest BCUT2D eigenvalue weighted by molar-refractivity contribution is 0.306. The van der Waals surface area contributed by atoms with Crippen LogP contribution in [0.1, 0.15) is 11.1 Å². The number of nitrogens with zero attached hydrogens (tertiary/aromatic N) is 1. The number of benzene rings is 2. The Bertz CT molecular complexity index is 612. The zero-order valence-corrected chi connectivity index (χ0v) is 14.0. The minimum absolute atomic E-state index is 0.581. The molecule has 22 heavy (non-hydrogen) atoms. The summed E-state index contributed by atoms with van der Waals surface area (Å²) in [5.74, 6) is 0.867. The Labute approximate surface area is 140 Å². The molecule has 0 atom stereocenters. The van der Waals surface area contributed by atoms with Gasteiger partial charge in [-0.1, -0.05) is 66.4 Å². The van der Waals surface area contributed by atoms with Crippen LogP contribution >= 0.6 is 24.0 Å². The summed E-state index contributed by atoms with van der Waals surface area (Å²) < 4.78 is 6.42. The SMILES string of the molecule is CSC(=S)NN=CCc1ccc(OCc2ccccc2)cc1. The summed E-state index contributed by atoms with van der Waals surface area (Å²) >= 11 is 6.46. The van der Waals surface area contributed by atoms with Crippen molar-refractivity contribution in [1.29, 1.82) is 0 Å². The third kappa shape index (κ3) is 5.87. The molecule has 0 bridgehead atoms. The molecule has 0 amide bonds. The summed E-state index contributed by atoms with van der Waals surface area (Å²) in [6.45, 7) is 0.581. The van der Waals surface area contributed by atoms with Gasteiger partial charge in [0.1, 0.15) is 12.4 Å². The second-order valence-electron chi connectivity index (χ2n) is 4.54. The number of rotatable bonds is 6. The maximum absolute atomic E-state index is 5.75. The van der Waals surface area contributed by atoms with E-state index >= 15 is 0 Å². The van der Waals surface area contributed by atoms with Crippen LogP contribution < -0.4 is 10.2 Å². The Balaban J connectivity index is 1.79. The third-order valence-electron chi connectivity index (χ3n) is 2.93. The van der Waals surface area contributed by atoms with Crippen molar-refractivity contribution in [2.24, 2.45) is 5.10 Å². The number of hydrogen-bond donors (Lipinski definition) is 1. The fourth-order valence-corrected chi connectivity index (χ4v) is 1.95. The fourth-order valence-electron chi connectivity index (χ4n) is 1.76. The van der Waals surface area contributed by atoms with Gasteiger partial charge in [0.05, 0.1) is 0 Å². The van der Waals surface area contributed by atoms with Gasteiger partial charge in [0.15, 0.2) is 4.32 Å². The van der Waals surface area contributed by atoms with Gasteiger partial charge in [0.2, 0.25) is 0 Å². The van der Waals surface area contributed by atoms with Crippen LogP contribution in [0.4, 0.5) is 0 Å². The lowest BCUT2D eigenvalue weighted by Crippen LogP contribution is -2.10. The van der Waals surface area contributed by atoms with E-state index in [1.807, 2.05) is 54.9 Å². The van der Waals surface area contributed by atoms with Crippen LogP contribution in [0.2, 0.25) is 0 Å². The van der Waals surface area contributed by atoms with Crippen molar-refractivity contribution in [2.45, 2.75) is 13.0 Å². The summed E-state index contributed by atoms with van der Waals surface area (Å²) in [4.78, 5) is 0. The van der Waals surface area contributed by atoms with Crippen molar-refractivity contribution in [3.05, 3.63) is 65.7 Å². The molecule has 114 valence electrons. The molecule has 0 aliphatic rings. The second-order valence-corrected chi connectivity index (χ2v) is 6.02. The first-order valence-electron chi connectivity index (χ1n) is 6.89. The van der Waals surface area contributed by atoms with Crippen molar-refractivity contribution >= 4 is 34.5 Å². The van der Waals surface area contributed by atoms with E-state index in [2.05, 4.69) is 22.7 Å². The molecule has 0 heterocycles. The summed E-state index contributed by atoms with van der Waals surface area (Å²) in [5, 5.41) is 4.07. The molecule has 0 saturated heterocycles. The maximum Gasteiger partial charge on any atom is 0.153 e. The zero-order chi connectivity index (χ0) is 15.6. The lowest BCUT2D eigenvalue weighted by Gasteiger charge is -2.06. The average molecular weight is 330 g/mol. The van der Waals surface area contributed by atoms with Gasteiger partial charge in [-0.25, -0.2) is 0 Å². The van der Waals surface area contributed by atoms with Crippen LogP contribution in [0.25, 0.3) is 0 Å². The van der Waals surface area contributed by atoms with Gasteiger partial charge in [-0.2, -0.15) is 5.10 Å². The molecule has 3 nitrogen and oxygen atoms in total. The van der Waals surface area contributed by atoms with Crippen LogP contribution in [0, 0.1) is 0 Å². The van der Waals surface area contributed by atoms with Crippen molar-refractivity contribution in [1.82, 2.24) is 5.43 Å². The Kier molecular flexibility index (Phi) is 6.93. The van der Waals surface area contributed by atoms with E-state index in [0.29, 0.717) is 10.9 Å². The normalized spacial score (nSPS) is 10.6. The molecule has 1 N–H and O–H groups in total. The highest BCUT2D eigenvalue weighted by Gasteiger charge is 1.96. The molecule has 0 unspecified atom stereocenters. The van der Waals surface area contributed by atoms with E-state index in [9.17, 15) is 0 Å². The number of hydrazone groups is 1. The topological polar surface area (TPSA) is 33.6 Å². The van der Waals surface area contributed by atoms with E-state index in [1.54, 1.807) is 0 Å². The van der Waals surface area contributed by atoms with E-state index < -0.39 is 0 Å². The van der Waals surface area contributed by atoms with Crippen molar-refractivity contribution in [3.63, 3.8) is 0 Å². The summed E-state index contributed by atoms with van der Waals surface area (Å²) in [5.41, 5.74) is 5.13. The largest absolute Gasteiger partial charge is 0.489 e.